The number of fused-ring (bicyclic) bond motifs is 1. The molecule has 3 aromatic rings. The predicted octanol–water partition coefficient (Wildman–Crippen LogP) is 5.97. The molecule has 1 saturated heterocycles. The van der Waals surface area contributed by atoms with Crippen LogP contribution in [0.15, 0.2) is 60.7 Å². The lowest BCUT2D eigenvalue weighted by atomic mass is 9.88. The number of likely N-dealkylation sites (tertiary alicyclic amines) is 1. The van der Waals surface area contributed by atoms with Crippen molar-refractivity contribution >= 4 is 16.8 Å². The van der Waals surface area contributed by atoms with Gasteiger partial charge in [0.25, 0.3) is 0 Å². The average molecular weight is 507 g/mol. The van der Waals surface area contributed by atoms with Gasteiger partial charge in [0, 0.05) is 55.0 Å². The van der Waals surface area contributed by atoms with E-state index in [9.17, 15) is 4.39 Å². The molecule has 0 spiro atoms. The van der Waals surface area contributed by atoms with Crippen LogP contribution >= 0.6 is 0 Å². The molecule has 0 amide bonds. The van der Waals surface area contributed by atoms with E-state index < -0.39 is 0 Å². The van der Waals surface area contributed by atoms with E-state index in [0.717, 1.165) is 54.1 Å². The van der Waals surface area contributed by atoms with E-state index in [1.807, 2.05) is 42.5 Å². The third kappa shape index (κ3) is 5.57. The largest absolute Gasteiger partial charge is 0.497 e. The quantitative estimate of drug-likeness (QED) is 0.382. The van der Waals surface area contributed by atoms with Gasteiger partial charge in [-0.15, -0.1) is 0 Å². The van der Waals surface area contributed by atoms with Gasteiger partial charge in [0.2, 0.25) is 0 Å². The molecular formula is C30H32F2N2O3. The van der Waals surface area contributed by atoms with Gasteiger partial charge in [-0.1, -0.05) is 12.1 Å². The molecule has 2 heterocycles. The van der Waals surface area contributed by atoms with Crippen molar-refractivity contribution in [2.45, 2.75) is 25.4 Å². The topological polar surface area (TPSA) is 57.0 Å². The fourth-order valence-electron chi connectivity index (χ4n) is 5.15. The second kappa shape index (κ2) is 11.2. The number of rotatable bonds is 8. The van der Waals surface area contributed by atoms with Crippen LogP contribution in [0.25, 0.3) is 11.1 Å². The van der Waals surface area contributed by atoms with Crippen molar-refractivity contribution in [2.24, 2.45) is 0 Å². The Labute approximate surface area is 216 Å². The van der Waals surface area contributed by atoms with Crippen molar-refractivity contribution in [3.8, 4) is 17.2 Å². The lowest BCUT2D eigenvalue weighted by Gasteiger charge is -2.18. The standard InChI is InChI=1S/C30H32F2N2O3/c1-35-23-8-10-25(28(32)18-23)26-12-16-36-29-17-21(33)5-9-27(29)30(26)20-3-6-22(7-4-20)37-24-11-15-34(19-24)14-2-13-31/h3-10,17-18,24H,2,11-16,19,33H2,1H3. The van der Waals surface area contributed by atoms with E-state index in [1.54, 1.807) is 12.1 Å². The summed E-state index contributed by atoms with van der Waals surface area (Å²) >= 11 is 0. The number of hydrogen-bond acceptors (Lipinski definition) is 5. The molecule has 2 aliphatic rings. The van der Waals surface area contributed by atoms with E-state index in [4.69, 9.17) is 19.9 Å². The lowest BCUT2D eigenvalue weighted by Crippen LogP contribution is -2.26. The summed E-state index contributed by atoms with van der Waals surface area (Å²) in [6, 6.07) is 18.4. The van der Waals surface area contributed by atoms with Gasteiger partial charge in [-0.25, -0.2) is 4.39 Å². The van der Waals surface area contributed by atoms with Gasteiger partial charge in [0.05, 0.1) is 20.4 Å². The van der Waals surface area contributed by atoms with Crippen LogP contribution in [0, 0.1) is 5.82 Å². The number of methoxy groups -OCH3 is 1. The minimum atomic E-state index is -0.343. The Hall–Kier alpha value is -3.58. The first-order valence-corrected chi connectivity index (χ1v) is 12.7. The van der Waals surface area contributed by atoms with Crippen LogP contribution < -0.4 is 19.9 Å². The fraction of sp³-hybridized carbons (Fsp3) is 0.333. The van der Waals surface area contributed by atoms with Gasteiger partial charge >= 0.3 is 0 Å². The summed E-state index contributed by atoms with van der Waals surface area (Å²) in [6.07, 6.45) is 2.10. The van der Waals surface area contributed by atoms with Crippen LogP contribution in [0.4, 0.5) is 14.5 Å². The van der Waals surface area contributed by atoms with E-state index in [-0.39, 0.29) is 18.6 Å². The molecule has 0 aliphatic carbocycles. The molecule has 1 unspecified atom stereocenters. The number of ether oxygens (including phenoxy) is 3. The van der Waals surface area contributed by atoms with Crippen LogP contribution in [0.3, 0.4) is 0 Å². The Morgan fingerprint density at radius 1 is 1.03 bits per heavy atom. The van der Waals surface area contributed by atoms with Gasteiger partial charge in [0.15, 0.2) is 0 Å². The molecule has 0 saturated carbocycles. The molecule has 1 fully saturated rings. The van der Waals surface area contributed by atoms with Crippen LogP contribution in [0.1, 0.15) is 36.0 Å². The maximum Gasteiger partial charge on any atom is 0.134 e. The summed E-state index contributed by atoms with van der Waals surface area (Å²) in [5.74, 6) is 1.59. The third-order valence-electron chi connectivity index (χ3n) is 6.97. The average Bonchev–Trinajstić information content (AvgIpc) is 3.27. The Balaban J connectivity index is 1.49. The Morgan fingerprint density at radius 2 is 1.81 bits per heavy atom. The maximum absolute atomic E-state index is 15.3. The van der Waals surface area contributed by atoms with Gasteiger partial charge in [-0.05, 0) is 65.9 Å². The number of benzene rings is 3. The highest BCUT2D eigenvalue weighted by atomic mass is 19.1. The molecule has 7 heteroatoms. The zero-order valence-corrected chi connectivity index (χ0v) is 21.0. The summed E-state index contributed by atoms with van der Waals surface area (Å²) in [4.78, 5) is 2.24. The van der Waals surface area contributed by atoms with E-state index in [1.165, 1.54) is 13.2 Å². The summed E-state index contributed by atoms with van der Waals surface area (Å²) in [5, 5.41) is 0. The molecule has 0 bridgehead atoms. The minimum Gasteiger partial charge on any atom is -0.497 e. The monoisotopic (exact) mass is 506 g/mol. The Bertz CT molecular complexity index is 1280. The third-order valence-corrected chi connectivity index (χ3v) is 6.97. The van der Waals surface area contributed by atoms with E-state index >= 15 is 4.39 Å². The first kappa shape index (κ1) is 25.1. The number of anilines is 1. The van der Waals surface area contributed by atoms with Crippen molar-refractivity contribution in [1.29, 1.82) is 0 Å². The molecule has 37 heavy (non-hydrogen) atoms. The molecule has 5 nitrogen and oxygen atoms in total. The summed E-state index contributed by atoms with van der Waals surface area (Å²) < 4.78 is 45.3. The number of nitrogens with zero attached hydrogens (tertiary/aromatic N) is 1. The molecule has 2 N–H and O–H groups in total. The van der Waals surface area contributed by atoms with E-state index in [0.29, 0.717) is 42.2 Å². The summed E-state index contributed by atoms with van der Waals surface area (Å²) in [6.45, 7) is 2.61. The van der Waals surface area contributed by atoms with Crippen molar-refractivity contribution < 1.29 is 23.0 Å². The highest BCUT2D eigenvalue weighted by Crippen LogP contribution is 2.43. The molecule has 0 radical (unpaired) electrons. The summed E-state index contributed by atoms with van der Waals surface area (Å²) in [7, 11) is 1.52. The van der Waals surface area contributed by atoms with Crippen LogP contribution in [0.5, 0.6) is 17.2 Å². The fourth-order valence-corrected chi connectivity index (χ4v) is 5.15. The van der Waals surface area contributed by atoms with Crippen molar-refractivity contribution in [3.63, 3.8) is 0 Å². The van der Waals surface area contributed by atoms with Gasteiger partial charge in [0.1, 0.15) is 29.2 Å². The molecule has 1 atom stereocenters. The first-order chi connectivity index (χ1) is 18.1. The Kier molecular flexibility index (Phi) is 7.60. The molecule has 0 aromatic heterocycles. The number of halogens is 2. The van der Waals surface area contributed by atoms with Crippen molar-refractivity contribution in [1.82, 2.24) is 4.90 Å². The lowest BCUT2D eigenvalue weighted by molar-refractivity contribution is 0.198. The molecule has 3 aromatic carbocycles. The van der Waals surface area contributed by atoms with E-state index in [2.05, 4.69) is 4.90 Å². The maximum atomic E-state index is 15.3. The summed E-state index contributed by atoms with van der Waals surface area (Å²) in [5.41, 5.74) is 10.7. The molecule has 5 rings (SSSR count). The minimum absolute atomic E-state index is 0.0867. The van der Waals surface area contributed by atoms with Gasteiger partial charge < -0.3 is 19.9 Å². The van der Waals surface area contributed by atoms with Crippen LogP contribution in [-0.4, -0.2) is 51.0 Å². The normalized spacial score (nSPS) is 17.8. The highest BCUT2D eigenvalue weighted by molar-refractivity contribution is 6.01. The molecule has 194 valence electrons. The second-order valence-corrected chi connectivity index (χ2v) is 9.45. The first-order valence-electron chi connectivity index (χ1n) is 12.7. The smallest absolute Gasteiger partial charge is 0.134 e. The molecule has 2 aliphatic heterocycles. The highest BCUT2D eigenvalue weighted by Gasteiger charge is 2.25. The van der Waals surface area contributed by atoms with Gasteiger partial charge in [-0.3, -0.25) is 9.29 Å². The molecular weight excluding hydrogens is 474 g/mol. The van der Waals surface area contributed by atoms with Crippen LogP contribution in [0.2, 0.25) is 0 Å². The van der Waals surface area contributed by atoms with Crippen LogP contribution in [-0.2, 0) is 0 Å². The van der Waals surface area contributed by atoms with Crippen molar-refractivity contribution in [3.05, 3.63) is 83.2 Å². The zero-order chi connectivity index (χ0) is 25.8. The second-order valence-electron chi connectivity index (χ2n) is 9.45. The van der Waals surface area contributed by atoms with Gasteiger partial charge in [-0.2, -0.15) is 0 Å². The number of alkyl halides is 1. The Morgan fingerprint density at radius 3 is 2.57 bits per heavy atom. The number of nitrogen functional groups attached to an aromatic ring is 1. The number of hydrogen-bond donors (Lipinski definition) is 1. The zero-order valence-electron chi connectivity index (χ0n) is 21.0. The predicted molar refractivity (Wildman–Crippen MR) is 142 cm³/mol. The van der Waals surface area contributed by atoms with Crippen molar-refractivity contribution in [2.75, 3.05) is 45.8 Å². The SMILES string of the molecule is COc1ccc(C2=C(c3ccc(OC4CCN(CCCF)C4)cc3)c3ccc(N)cc3OCC2)c(F)c1. The number of nitrogens with two attached hydrogens (primary N) is 1.